The average molecular weight is 449 g/mol. The number of anilines is 1. The number of nitrogens with zero attached hydrogens (tertiary/aromatic N) is 1. The number of nitrogens with one attached hydrogen (secondary N) is 1. The van der Waals surface area contributed by atoms with Crippen molar-refractivity contribution in [3.63, 3.8) is 0 Å². The van der Waals surface area contributed by atoms with Crippen LogP contribution in [-0.4, -0.2) is 25.7 Å². The summed E-state index contributed by atoms with van der Waals surface area (Å²) in [5.74, 6) is -0.203. The molecule has 0 fully saturated rings. The molecule has 0 spiro atoms. The number of rotatable bonds is 7. The maximum absolute atomic E-state index is 12.9. The molecule has 7 heteroatoms. The lowest BCUT2D eigenvalue weighted by Gasteiger charge is -2.17. The van der Waals surface area contributed by atoms with Gasteiger partial charge in [0.25, 0.3) is 0 Å². The molecule has 164 valence electrons. The molecule has 0 aliphatic heterocycles. The molecule has 0 aliphatic carbocycles. The van der Waals surface area contributed by atoms with E-state index in [1.165, 1.54) is 16.4 Å². The molecule has 1 N–H and O–H groups in total. The summed E-state index contributed by atoms with van der Waals surface area (Å²) in [5, 5.41) is 3.74. The predicted octanol–water partition coefficient (Wildman–Crippen LogP) is 4.74. The number of carbonyl (C=O) groups excluding carboxylic acids is 1. The molecule has 4 aromatic rings. The molecular formula is C25H24N2O4S. The van der Waals surface area contributed by atoms with Crippen LogP contribution < -0.4 is 5.32 Å². The first kappa shape index (κ1) is 21.8. The maximum atomic E-state index is 12.9. The molecule has 0 aliphatic rings. The standard InChI is InChI=1S/C25H24N2O4S/c1-18-8-13-24-23(14-18)20(17-31-24)15-25(28)26-21-9-11-22(12-10-21)32(29,30)27(2)16-19-6-4-3-5-7-19/h3-14,17H,15-16H2,1-2H3,(H,26,28). The summed E-state index contributed by atoms with van der Waals surface area (Å²) < 4.78 is 32.6. The van der Waals surface area contributed by atoms with E-state index in [-0.39, 0.29) is 23.8 Å². The number of amides is 1. The molecule has 32 heavy (non-hydrogen) atoms. The summed E-state index contributed by atoms with van der Waals surface area (Å²) in [5.41, 5.74) is 4.08. The van der Waals surface area contributed by atoms with Crippen molar-refractivity contribution in [2.75, 3.05) is 12.4 Å². The molecule has 0 bridgehead atoms. The number of carbonyl (C=O) groups is 1. The Kier molecular flexibility index (Phi) is 6.12. The molecule has 0 atom stereocenters. The van der Waals surface area contributed by atoms with E-state index in [0.717, 1.165) is 27.7 Å². The first-order valence-corrected chi connectivity index (χ1v) is 11.6. The molecule has 4 rings (SSSR count). The SMILES string of the molecule is Cc1ccc2occ(CC(=O)Nc3ccc(S(=O)(=O)N(C)Cc4ccccc4)cc3)c2c1. The number of hydrogen-bond acceptors (Lipinski definition) is 4. The molecule has 0 unspecified atom stereocenters. The van der Waals surface area contributed by atoms with E-state index in [4.69, 9.17) is 4.42 Å². The second kappa shape index (κ2) is 8.98. The van der Waals surface area contributed by atoms with Crippen molar-refractivity contribution in [1.82, 2.24) is 4.31 Å². The number of sulfonamides is 1. The maximum Gasteiger partial charge on any atom is 0.243 e. The monoisotopic (exact) mass is 448 g/mol. The van der Waals surface area contributed by atoms with Gasteiger partial charge in [0.15, 0.2) is 0 Å². The number of hydrogen-bond donors (Lipinski definition) is 1. The Balaban J connectivity index is 1.42. The van der Waals surface area contributed by atoms with Crippen LogP contribution in [0.5, 0.6) is 0 Å². The lowest BCUT2D eigenvalue weighted by molar-refractivity contribution is -0.115. The number of fused-ring (bicyclic) bond motifs is 1. The van der Waals surface area contributed by atoms with Crippen LogP contribution >= 0.6 is 0 Å². The Labute approximate surface area is 187 Å². The zero-order valence-corrected chi connectivity index (χ0v) is 18.7. The van der Waals surface area contributed by atoms with Crippen molar-refractivity contribution in [2.45, 2.75) is 24.8 Å². The normalized spacial score (nSPS) is 11.7. The van der Waals surface area contributed by atoms with E-state index in [1.807, 2.05) is 55.5 Å². The number of benzene rings is 3. The van der Waals surface area contributed by atoms with Crippen LogP contribution in [0, 0.1) is 6.92 Å². The van der Waals surface area contributed by atoms with Gasteiger partial charge in [-0.25, -0.2) is 8.42 Å². The van der Waals surface area contributed by atoms with Crippen molar-refractivity contribution in [3.8, 4) is 0 Å². The second-order valence-corrected chi connectivity index (χ2v) is 9.80. The van der Waals surface area contributed by atoms with Crippen LogP contribution in [-0.2, 0) is 27.8 Å². The Bertz CT molecular complexity index is 1340. The topological polar surface area (TPSA) is 79.6 Å². The second-order valence-electron chi connectivity index (χ2n) is 7.76. The molecule has 0 radical (unpaired) electrons. The molecule has 1 heterocycles. The van der Waals surface area contributed by atoms with Crippen LogP contribution in [0.2, 0.25) is 0 Å². The van der Waals surface area contributed by atoms with Crippen molar-refractivity contribution in [3.05, 3.63) is 95.7 Å². The minimum Gasteiger partial charge on any atom is -0.464 e. The van der Waals surface area contributed by atoms with Gasteiger partial charge in [0.05, 0.1) is 17.6 Å². The third-order valence-electron chi connectivity index (χ3n) is 5.25. The third kappa shape index (κ3) is 4.74. The summed E-state index contributed by atoms with van der Waals surface area (Å²) in [7, 11) is -2.09. The molecule has 6 nitrogen and oxygen atoms in total. The summed E-state index contributed by atoms with van der Waals surface area (Å²) in [6.07, 6.45) is 1.76. The smallest absolute Gasteiger partial charge is 0.243 e. The van der Waals surface area contributed by atoms with E-state index in [9.17, 15) is 13.2 Å². The van der Waals surface area contributed by atoms with Gasteiger partial charge in [0.2, 0.25) is 15.9 Å². The van der Waals surface area contributed by atoms with Gasteiger partial charge in [-0.3, -0.25) is 4.79 Å². The van der Waals surface area contributed by atoms with Crippen molar-refractivity contribution in [2.24, 2.45) is 0 Å². The molecule has 0 saturated heterocycles. The van der Waals surface area contributed by atoms with E-state index in [2.05, 4.69) is 5.32 Å². The van der Waals surface area contributed by atoms with Crippen LogP contribution in [0.1, 0.15) is 16.7 Å². The number of aryl methyl sites for hydroxylation is 1. The van der Waals surface area contributed by atoms with Gasteiger partial charge in [0.1, 0.15) is 5.58 Å². The molecule has 3 aromatic carbocycles. The third-order valence-corrected chi connectivity index (χ3v) is 7.07. The fourth-order valence-corrected chi connectivity index (χ4v) is 4.69. The molecular weight excluding hydrogens is 424 g/mol. The highest BCUT2D eigenvalue weighted by molar-refractivity contribution is 7.89. The Morgan fingerprint density at radius 3 is 2.44 bits per heavy atom. The average Bonchev–Trinajstić information content (AvgIpc) is 3.16. The molecule has 1 amide bonds. The summed E-state index contributed by atoms with van der Waals surface area (Å²) >= 11 is 0. The lowest BCUT2D eigenvalue weighted by atomic mass is 10.1. The highest BCUT2D eigenvalue weighted by atomic mass is 32.2. The Morgan fingerprint density at radius 1 is 1.00 bits per heavy atom. The van der Waals surface area contributed by atoms with E-state index in [0.29, 0.717) is 5.69 Å². The Hall–Kier alpha value is -3.42. The van der Waals surface area contributed by atoms with E-state index in [1.54, 1.807) is 25.4 Å². The fourth-order valence-electron chi connectivity index (χ4n) is 3.53. The van der Waals surface area contributed by atoms with Gasteiger partial charge < -0.3 is 9.73 Å². The van der Waals surface area contributed by atoms with Gasteiger partial charge in [0, 0.05) is 30.2 Å². The molecule has 0 saturated carbocycles. The van der Waals surface area contributed by atoms with E-state index < -0.39 is 10.0 Å². The van der Waals surface area contributed by atoms with Crippen LogP contribution in [0.4, 0.5) is 5.69 Å². The van der Waals surface area contributed by atoms with Crippen molar-refractivity contribution in [1.29, 1.82) is 0 Å². The summed E-state index contributed by atoms with van der Waals surface area (Å²) in [6.45, 7) is 2.27. The summed E-state index contributed by atoms with van der Waals surface area (Å²) in [4.78, 5) is 12.7. The predicted molar refractivity (Wildman–Crippen MR) is 125 cm³/mol. The van der Waals surface area contributed by atoms with Gasteiger partial charge in [-0.2, -0.15) is 4.31 Å². The fraction of sp³-hybridized carbons (Fsp3) is 0.160. The first-order chi connectivity index (χ1) is 15.3. The van der Waals surface area contributed by atoms with Gasteiger partial charge in [-0.1, -0.05) is 42.0 Å². The van der Waals surface area contributed by atoms with Crippen LogP contribution in [0.25, 0.3) is 11.0 Å². The van der Waals surface area contributed by atoms with Gasteiger partial charge >= 0.3 is 0 Å². The quantitative estimate of drug-likeness (QED) is 0.443. The minimum absolute atomic E-state index is 0.163. The summed E-state index contributed by atoms with van der Waals surface area (Å²) in [6, 6.07) is 21.5. The minimum atomic E-state index is -3.64. The largest absolute Gasteiger partial charge is 0.464 e. The zero-order chi connectivity index (χ0) is 22.7. The van der Waals surface area contributed by atoms with E-state index >= 15 is 0 Å². The van der Waals surface area contributed by atoms with Gasteiger partial charge in [-0.15, -0.1) is 0 Å². The highest BCUT2D eigenvalue weighted by Gasteiger charge is 2.21. The van der Waals surface area contributed by atoms with Crippen molar-refractivity contribution < 1.29 is 17.6 Å². The number of furan rings is 1. The zero-order valence-electron chi connectivity index (χ0n) is 17.9. The lowest BCUT2D eigenvalue weighted by Crippen LogP contribution is -2.26. The van der Waals surface area contributed by atoms with Crippen molar-refractivity contribution >= 4 is 32.6 Å². The first-order valence-electron chi connectivity index (χ1n) is 10.2. The Morgan fingerprint density at radius 2 is 1.72 bits per heavy atom. The van der Waals surface area contributed by atoms with Gasteiger partial charge in [-0.05, 0) is 48.9 Å². The highest BCUT2D eigenvalue weighted by Crippen LogP contribution is 2.24. The van der Waals surface area contributed by atoms with Crippen LogP contribution in [0.3, 0.4) is 0 Å². The van der Waals surface area contributed by atoms with Crippen LogP contribution in [0.15, 0.2) is 88.4 Å². The molecule has 1 aromatic heterocycles.